The Kier molecular flexibility index (Phi) is 6.01. The van der Waals surface area contributed by atoms with Gasteiger partial charge in [0.15, 0.2) is 23.9 Å². The van der Waals surface area contributed by atoms with Crippen molar-refractivity contribution >= 4 is 23.2 Å². The molecule has 5 rings (SSSR count). The maximum atomic E-state index is 15.0. The molecular formula is C21H24F3N7O4. The molecule has 3 aromatic rings. The number of halogens is 3. The summed E-state index contributed by atoms with van der Waals surface area (Å²) in [4.78, 5) is 16.0. The highest BCUT2D eigenvalue weighted by Gasteiger charge is 2.44. The first kappa shape index (κ1) is 23.4. The minimum absolute atomic E-state index is 0.0892. The fourth-order valence-electron chi connectivity index (χ4n) is 3.81. The van der Waals surface area contributed by atoms with Crippen molar-refractivity contribution in [2.75, 3.05) is 19.0 Å². The second-order valence-corrected chi connectivity index (χ2v) is 8.87. The zero-order chi connectivity index (χ0) is 24.7. The smallest absolute Gasteiger partial charge is 0.408 e. The van der Waals surface area contributed by atoms with Gasteiger partial charge >= 0.3 is 6.09 Å². The number of H-pyrrole nitrogens is 1. The number of alkyl carbamates (subject to hydrolysis) is 1. The maximum absolute atomic E-state index is 15.0. The zero-order valence-electron chi connectivity index (χ0n) is 18.9. The Hall–Kier alpha value is -3.39. The van der Waals surface area contributed by atoms with Crippen molar-refractivity contribution in [2.45, 2.75) is 56.7 Å². The average molecular weight is 495 g/mol. The van der Waals surface area contributed by atoms with Gasteiger partial charge in [0.25, 0.3) is 6.43 Å². The molecule has 188 valence electrons. The summed E-state index contributed by atoms with van der Waals surface area (Å²) in [6.07, 6.45) is -4.41. The highest BCUT2D eigenvalue weighted by atomic mass is 19.3. The molecule has 0 unspecified atom stereocenters. The number of hydrogen-bond donors (Lipinski definition) is 3. The fourth-order valence-corrected chi connectivity index (χ4v) is 3.81. The first-order valence-electron chi connectivity index (χ1n) is 11.0. The number of fused-ring (bicyclic) bond motifs is 1. The van der Waals surface area contributed by atoms with Gasteiger partial charge in [-0.2, -0.15) is 10.2 Å². The first-order chi connectivity index (χ1) is 16.7. The third-order valence-electron chi connectivity index (χ3n) is 5.94. The molecule has 1 saturated carbocycles. The lowest BCUT2D eigenvalue weighted by molar-refractivity contribution is 0.0604. The molecule has 2 fully saturated rings. The second kappa shape index (κ2) is 9.00. The summed E-state index contributed by atoms with van der Waals surface area (Å²) in [6.45, 7) is 1.96. The van der Waals surface area contributed by atoms with Crippen LogP contribution >= 0.6 is 0 Å². The van der Waals surface area contributed by atoms with E-state index < -0.39 is 36.6 Å². The Balaban J connectivity index is 1.30. The molecule has 2 aliphatic rings. The molecular weight excluding hydrogens is 471 g/mol. The second-order valence-electron chi connectivity index (χ2n) is 8.87. The van der Waals surface area contributed by atoms with E-state index in [1.54, 1.807) is 6.07 Å². The summed E-state index contributed by atoms with van der Waals surface area (Å²) < 4.78 is 58.8. The van der Waals surface area contributed by atoms with Gasteiger partial charge < -0.3 is 24.8 Å². The van der Waals surface area contributed by atoms with E-state index >= 15 is 0 Å². The predicted octanol–water partition coefficient (Wildman–Crippen LogP) is 3.34. The highest BCUT2D eigenvalue weighted by Crippen LogP contribution is 2.36. The monoisotopic (exact) mass is 495 g/mol. The number of methoxy groups -OCH3 is 1. The van der Waals surface area contributed by atoms with Gasteiger partial charge in [-0.15, -0.1) is 0 Å². The van der Waals surface area contributed by atoms with E-state index in [1.807, 2.05) is 6.92 Å². The number of nitrogens with one attached hydrogen (secondary N) is 3. The molecule has 0 aromatic carbocycles. The van der Waals surface area contributed by atoms with Crippen molar-refractivity contribution in [2.24, 2.45) is 0 Å². The highest BCUT2D eigenvalue weighted by molar-refractivity contribution is 5.72. The van der Waals surface area contributed by atoms with Crippen molar-refractivity contribution in [3.05, 3.63) is 35.4 Å². The summed E-state index contributed by atoms with van der Waals surface area (Å²) in [5.41, 5.74) is 0.471. The number of nitrogens with zero attached hydrogens (tertiary/aromatic N) is 4. The largest absolute Gasteiger partial charge is 0.441 e. The van der Waals surface area contributed by atoms with Crippen LogP contribution in [0.25, 0.3) is 5.52 Å². The molecule has 1 aliphatic heterocycles. The van der Waals surface area contributed by atoms with Gasteiger partial charge in [0.1, 0.15) is 17.3 Å². The maximum Gasteiger partial charge on any atom is 0.408 e. The standard InChI is InChI=1S/C21H24F3N7O4/c1-21(3-4-21)27-20(32)35-14-9-34-17(16(14)22)11-6-15(29-28-11)26-19-13-5-10(8-33-2)30-31(13)7-12(25-19)18(23)24/h5-7,14,16-18H,3-4,8-9H2,1-2H3,(H,27,32)(H2,25,26,28,29)/t14-,16+,17-/m1/s1. The van der Waals surface area contributed by atoms with Crippen LogP contribution in [0.1, 0.15) is 49.4 Å². The number of anilines is 2. The van der Waals surface area contributed by atoms with Gasteiger partial charge in [0.2, 0.25) is 0 Å². The minimum Gasteiger partial charge on any atom is -0.441 e. The normalized spacial score (nSPS) is 23.1. The number of aromatic amines is 1. The Morgan fingerprint density at radius 2 is 2.20 bits per heavy atom. The molecule has 0 radical (unpaired) electrons. The van der Waals surface area contributed by atoms with Crippen molar-refractivity contribution in [3.8, 4) is 0 Å². The van der Waals surface area contributed by atoms with Crippen LogP contribution in [0.15, 0.2) is 18.3 Å². The number of amides is 1. The molecule has 3 N–H and O–H groups in total. The SMILES string of the molecule is COCc1cc2c(Nc3cc([C@H]4OC[C@@H](OC(=O)NC5(C)CC5)[C@@H]4F)[nH]n3)nc(C(F)F)cn2n1. The summed E-state index contributed by atoms with van der Waals surface area (Å²) in [6, 6.07) is 3.12. The van der Waals surface area contributed by atoms with Gasteiger partial charge in [0.05, 0.1) is 30.8 Å². The molecule has 1 saturated heterocycles. The number of carbonyl (C=O) groups excluding carboxylic acids is 1. The molecule has 35 heavy (non-hydrogen) atoms. The lowest BCUT2D eigenvalue weighted by atomic mass is 10.1. The van der Waals surface area contributed by atoms with Crippen molar-refractivity contribution in [1.82, 2.24) is 30.1 Å². The van der Waals surface area contributed by atoms with Crippen molar-refractivity contribution in [1.29, 1.82) is 0 Å². The molecule has 0 bridgehead atoms. The summed E-state index contributed by atoms with van der Waals surface area (Å²) in [5.74, 6) is 0.293. The molecule has 1 amide bonds. The van der Waals surface area contributed by atoms with Crippen LogP contribution in [0.2, 0.25) is 0 Å². The van der Waals surface area contributed by atoms with Crippen molar-refractivity contribution < 1.29 is 32.2 Å². The Morgan fingerprint density at radius 3 is 2.91 bits per heavy atom. The van der Waals surface area contributed by atoms with E-state index in [2.05, 4.69) is 30.9 Å². The molecule has 0 spiro atoms. The van der Waals surface area contributed by atoms with Gasteiger partial charge in [0, 0.05) is 18.7 Å². The van der Waals surface area contributed by atoms with Gasteiger partial charge in [-0.05, 0) is 25.8 Å². The van der Waals surface area contributed by atoms with E-state index in [4.69, 9.17) is 14.2 Å². The van der Waals surface area contributed by atoms with E-state index in [-0.39, 0.29) is 36.1 Å². The van der Waals surface area contributed by atoms with Crippen LogP contribution in [0.5, 0.6) is 0 Å². The summed E-state index contributed by atoms with van der Waals surface area (Å²) in [5, 5.41) is 16.6. The number of rotatable bonds is 8. The van der Waals surface area contributed by atoms with Crippen LogP contribution in [-0.2, 0) is 20.8 Å². The van der Waals surface area contributed by atoms with Gasteiger partial charge in [-0.25, -0.2) is 27.5 Å². The molecule has 3 aromatic heterocycles. The number of hydrogen-bond acceptors (Lipinski definition) is 8. The van der Waals surface area contributed by atoms with Crippen LogP contribution in [-0.4, -0.2) is 62.4 Å². The fraction of sp³-hybridized carbons (Fsp3) is 0.524. The quantitative estimate of drug-likeness (QED) is 0.434. The average Bonchev–Trinajstić information content (AvgIpc) is 3.14. The third-order valence-corrected chi connectivity index (χ3v) is 5.94. The first-order valence-corrected chi connectivity index (χ1v) is 11.0. The Labute approximate surface area is 197 Å². The van der Waals surface area contributed by atoms with Gasteiger partial charge in [-0.3, -0.25) is 5.10 Å². The number of carbonyl (C=O) groups is 1. The number of aromatic nitrogens is 5. The van der Waals surface area contributed by atoms with E-state index in [0.29, 0.717) is 11.2 Å². The summed E-state index contributed by atoms with van der Waals surface area (Å²) in [7, 11) is 1.50. The topological polar surface area (TPSA) is 128 Å². The van der Waals surface area contributed by atoms with E-state index in [9.17, 15) is 18.0 Å². The van der Waals surface area contributed by atoms with E-state index in [1.165, 1.54) is 17.7 Å². The predicted molar refractivity (Wildman–Crippen MR) is 115 cm³/mol. The number of ether oxygens (including phenoxy) is 3. The lowest BCUT2D eigenvalue weighted by Crippen LogP contribution is -2.39. The van der Waals surface area contributed by atoms with E-state index in [0.717, 1.165) is 19.0 Å². The zero-order valence-corrected chi connectivity index (χ0v) is 18.9. The molecule has 3 atom stereocenters. The summed E-state index contributed by atoms with van der Waals surface area (Å²) >= 11 is 0. The third kappa shape index (κ3) is 4.89. The van der Waals surface area contributed by atoms with Crippen LogP contribution in [0.3, 0.4) is 0 Å². The molecule has 11 nitrogen and oxygen atoms in total. The molecule has 4 heterocycles. The van der Waals surface area contributed by atoms with Crippen LogP contribution in [0.4, 0.5) is 29.6 Å². The Morgan fingerprint density at radius 1 is 1.40 bits per heavy atom. The Bertz CT molecular complexity index is 1230. The molecule has 14 heteroatoms. The van der Waals surface area contributed by atoms with Crippen molar-refractivity contribution in [3.63, 3.8) is 0 Å². The van der Waals surface area contributed by atoms with Crippen LogP contribution in [0, 0.1) is 0 Å². The number of alkyl halides is 3. The lowest BCUT2D eigenvalue weighted by Gasteiger charge is -2.17. The molecule has 1 aliphatic carbocycles. The van der Waals surface area contributed by atoms with Crippen LogP contribution < -0.4 is 10.6 Å². The minimum atomic E-state index is -2.82. The van der Waals surface area contributed by atoms with Gasteiger partial charge in [-0.1, -0.05) is 0 Å².